The van der Waals surface area contributed by atoms with Crippen LogP contribution in [0.2, 0.25) is 0 Å². The average Bonchev–Trinajstić information content (AvgIpc) is 2.30. The van der Waals surface area contributed by atoms with Crippen molar-refractivity contribution in [1.82, 2.24) is 9.97 Å². The Balaban J connectivity index is 1.96. The van der Waals surface area contributed by atoms with Crippen LogP contribution in [0.25, 0.3) is 0 Å². The van der Waals surface area contributed by atoms with Crippen LogP contribution in [-0.2, 0) is 0 Å². The largest absolute Gasteiger partial charge is 0.396 e. The topological polar surface area (TPSA) is 55.0 Å². The van der Waals surface area contributed by atoms with E-state index in [9.17, 15) is 0 Å². The van der Waals surface area contributed by atoms with Gasteiger partial charge in [0.2, 0.25) is 5.95 Å². The molecule has 1 fully saturated rings. The molecule has 0 radical (unpaired) electrons. The Morgan fingerprint density at radius 2 is 1.81 bits per heavy atom. The third-order valence-corrected chi connectivity index (χ3v) is 3.42. The molecule has 0 atom stereocenters. The van der Waals surface area contributed by atoms with E-state index in [1.807, 2.05) is 0 Å². The Labute approximate surface area is 96.9 Å². The lowest BCUT2D eigenvalue weighted by molar-refractivity contribution is 0.310. The lowest BCUT2D eigenvalue weighted by Crippen LogP contribution is -2.36. The van der Waals surface area contributed by atoms with Crippen molar-refractivity contribution >= 4 is 11.6 Å². The molecule has 1 aromatic heterocycles. The van der Waals surface area contributed by atoms with Crippen LogP contribution in [0.4, 0.5) is 11.6 Å². The molecule has 1 saturated heterocycles. The summed E-state index contributed by atoms with van der Waals surface area (Å²) in [5.41, 5.74) is 6.20. The molecule has 4 nitrogen and oxygen atoms in total. The minimum absolute atomic E-state index is 0.626. The quantitative estimate of drug-likeness (QED) is 0.827. The number of nitrogens with zero attached hydrogens (tertiary/aromatic N) is 3. The van der Waals surface area contributed by atoms with Gasteiger partial charge >= 0.3 is 0 Å². The van der Waals surface area contributed by atoms with E-state index in [1.54, 1.807) is 12.4 Å². The number of piperidine rings is 1. The number of hydrogen-bond donors (Lipinski definition) is 1. The van der Waals surface area contributed by atoms with Gasteiger partial charge in [0.25, 0.3) is 0 Å². The van der Waals surface area contributed by atoms with Gasteiger partial charge in [0.1, 0.15) is 0 Å². The Morgan fingerprint density at radius 1 is 1.25 bits per heavy atom. The first-order valence-corrected chi connectivity index (χ1v) is 5.99. The summed E-state index contributed by atoms with van der Waals surface area (Å²) in [4.78, 5) is 10.8. The van der Waals surface area contributed by atoms with Crippen molar-refractivity contribution in [3.05, 3.63) is 12.4 Å². The van der Waals surface area contributed by atoms with E-state index in [1.165, 1.54) is 12.8 Å². The summed E-state index contributed by atoms with van der Waals surface area (Å²) in [5, 5.41) is 0. The number of aromatic nitrogens is 2. The van der Waals surface area contributed by atoms with Gasteiger partial charge in [-0.25, -0.2) is 9.97 Å². The molecule has 0 unspecified atom stereocenters. The Kier molecular flexibility index (Phi) is 3.27. The van der Waals surface area contributed by atoms with Gasteiger partial charge in [-0.2, -0.15) is 0 Å². The summed E-state index contributed by atoms with van der Waals surface area (Å²) in [6.07, 6.45) is 5.84. The molecule has 0 amide bonds. The van der Waals surface area contributed by atoms with E-state index in [4.69, 9.17) is 5.73 Å². The van der Waals surface area contributed by atoms with Crippen molar-refractivity contribution in [2.24, 2.45) is 11.8 Å². The number of nitrogens with two attached hydrogens (primary N) is 1. The van der Waals surface area contributed by atoms with Crippen LogP contribution in [0.1, 0.15) is 26.7 Å². The van der Waals surface area contributed by atoms with Crippen molar-refractivity contribution in [3.8, 4) is 0 Å². The Morgan fingerprint density at radius 3 is 2.31 bits per heavy atom. The van der Waals surface area contributed by atoms with Gasteiger partial charge in [0.15, 0.2) is 0 Å². The molecule has 0 aliphatic carbocycles. The third-order valence-electron chi connectivity index (χ3n) is 3.42. The van der Waals surface area contributed by atoms with Crippen LogP contribution in [0.15, 0.2) is 12.4 Å². The first-order valence-electron chi connectivity index (χ1n) is 5.99. The average molecular weight is 220 g/mol. The molecule has 0 saturated carbocycles. The molecular formula is C12H20N4. The van der Waals surface area contributed by atoms with Gasteiger partial charge in [-0.3, -0.25) is 0 Å². The van der Waals surface area contributed by atoms with E-state index in [-0.39, 0.29) is 0 Å². The summed E-state index contributed by atoms with van der Waals surface area (Å²) < 4.78 is 0. The SMILES string of the molecule is CC(C)C1CCN(c2ncc(N)cn2)CC1. The second kappa shape index (κ2) is 4.68. The van der Waals surface area contributed by atoms with E-state index in [0.29, 0.717) is 5.69 Å². The number of anilines is 2. The van der Waals surface area contributed by atoms with Crippen molar-refractivity contribution in [2.75, 3.05) is 23.7 Å². The molecular weight excluding hydrogens is 200 g/mol. The first kappa shape index (κ1) is 11.2. The molecule has 1 aliphatic heterocycles. The van der Waals surface area contributed by atoms with Crippen molar-refractivity contribution in [3.63, 3.8) is 0 Å². The Bertz CT molecular complexity index is 325. The minimum atomic E-state index is 0.626. The third kappa shape index (κ3) is 2.43. The maximum Gasteiger partial charge on any atom is 0.225 e. The molecule has 0 spiro atoms. The minimum Gasteiger partial charge on any atom is -0.396 e. The molecule has 1 aromatic rings. The highest BCUT2D eigenvalue weighted by Crippen LogP contribution is 2.26. The van der Waals surface area contributed by atoms with E-state index in [2.05, 4.69) is 28.7 Å². The lowest BCUT2D eigenvalue weighted by Gasteiger charge is -2.33. The predicted octanol–water partition coefficient (Wildman–Crippen LogP) is 1.93. The molecule has 1 aliphatic rings. The number of nitrogen functional groups attached to an aromatic ring is 1. The zero-order valence-electron chi connectivity index (χ0n) is 10.1. The van der Waals surface area contributed by atoms with Crippen molar-refractivity contribution in [2.45, 2.75) is 26.7 Å². The zero-order chi connectivity index (χ0) is 11.5. The van der Waals surface area contributed by atoms with Crippen LogP contribution in [0.3, 0.4) is 0 Å². The number of rotatable bonds is 2. The second-order valence-electron chi connectivity index (χ2n) is 4.88. The fourth-order valence-corrected chi connectivity index (χ4v) is 2.26. The van der Waals surface area contributed by atoms with Crippen LogP contribution in [0, 0.1) is 11.8 Å². The molecule has 2 N–H and O–H groups in total. The summed E-state index contributed by atoms with van der Waals surface area (Å²) in [6.45, 7) is 6.74. The molecule has 0 bridgehead atoms. The van der Waals surface area contributed by atoms with Crippen LogP contribution in [0.5, 0.6) is 0 Å². The predicted molar refractivity (Wildman–Crippen MR) is 66.2 cm³/mol. The first-order chi connectivity index (χ1) is 7.66. The van der Waals surface area contributed by atoms with E-state index < -0.39 is 0 Å². The van der Waals surface area contributed by atoms with Crippen molar-refractivity contribution in [1.29, 1.82) is 0 Å². The normalized spacial score (nSPS) is 18.1. The Hall–Kier alpha value is -1.32. The van der Waals surface area contributed by atoms with Gasteiger partial charge in [-0.05, 0) is 24.7 Å². The van der Waals surface area contributed by atoms with Gasteiger partial charge in [-0.1, -0.05) is 13.8 Å². The summed E-state index contributed by atoms with van der Waals surface area (Å²) >= 11 is 0. The molecule has 2 heterocycles. The van der Waals surface area contributed by atoms with Crippen LogP contribution in [-0.4, -0.2) is 23.1 Å². The molecule has 4 heteroatoms. The second-order valence-corrected chi connectivity index (χ2v) is 4.88. The van der Waals surface area contributed by atoms with Crippen molar-refractivity contribution < 1.29 is 0 Å². The zero-order valence-corrected chi connectivity index (χ0v) is 10.1. The standard InChI is InChI=1S/C12H20N4/c1-9(2)10-3-5-16(6-4-10)12-14-7-11(13)8-15-12/h7-10H,3-6,13H2,1-2H3. The van der Waals surface area contributed by atoms with Crippen LogP contribution >= 0.6 is 0 Å². The van der Waals surface area contributed by atoms with Gasteiger partial charge in [-0.15, -0.1) is 0 Å². The highest BCUT2D eigenvalue weighted by atomic mass is 15.2. The monoisotopic (exact) mass is 220 g/mol. The maximum absolute atomic E-state index is 5.57. The maximum atomic E-state index is 5.57. The molecule has 2 rings (SSSR count). The van der Waals surface area contributed by atoms with Crippen LogP contribution < -0.4 is 10.6 Å². The fraction of sp³-hybridized carbons (Fsp3) is 0.667. The highest BCUT2D eigenvalue weighted by Gasteiger charge is 2.22. The summed E-state index contributed by atoms with van der Waals surface area (Å²) in [5.74, 6) is 2.45. The van der Waals surface area contributed by atoms with Gasteiger partial charge in [0, 0.05) is 13.1 Å². The lowest BCUT2D eigenvalue weighted by atomic mass is 9.87. The summed E-state index contributed by atoms with van der Waals surface area (Å²) in [7, 11) is 0. The van der Waals surface area contributed by atoms with Gasteiger partial charge in [0.05, 0.1) is 18.1 Å². The van der Waals surface area contributed by atoms with E-state index in [0.717, 1.165) is 30.9 Å². The van der Waals surface area contributed by atoms with Gasteiger partial charge < -0.3 is 10.6 Å². The highest BCUT2D eigenvalue weighted by molar-refractivity contribution is 5.38. The molecule has 0 aromatic carbocycles. The van der Waals surface area contributed by atoms with E-state index >= 15 is 0 Å². The molecule has 88 valence electrons. The fourth-order valence-electron chi connectivity index (χ4n) is 2.26. The number of hydrogen-bond acceptors (Lipinski definition) is 4. The summed E-state index contributed by atoms with van der Waals surface area (Å²) in [6, 6.07) is 0. The molecule has 16 heavy (non-hydrogen) atoms. The smallest absolute Gasteiger partial charge is 0.225 e.